The zero-order valence-corrected chi connectivity index (χ0v) is 17.2. The van der Waals surface area contributed by atoms with Crippen LogP contribution in [0.1, 0.15) is 45.9 Å². The van der Waals surface area contributed by atoms with Crippen molar-refractivity contribution >= 4 is 0 Å². The topological polar surface area (TPSA) is 0 Å². The predicted molar refractivity (Wildman–Crippen MR) is 115 cm³/mol. The Morgan fingerprint density at radius 1 is 0.577 bits per heavy atom. The van der Waals surface area contributed by atoms with Gasteiger partial charge < -0.3 is 0 Å². The Hall–Kier alpha value is -2.34. The largest absolute Gasteiger partial charge is 0.0612 e. The second kappa shape index (κ2) is 7.11. The van der Waals surface area contributed by atoms with Gasteiger partial charge in [0.15, 0.2) is 0 Å². The number of hydrogen-bond donors (Lipinski definition) is 0. The van der Waals surface area contributed by atoms with Crippen LogP contribution in [0.4, 0.5) is 0 Å². The predicted octanol–water partition coefficient (Wildman–Crippen LogP) is 7.43. The molecule has 3 aromatic carbocycles. The molecule has 0 nitrogen and oxygen atoms in total. The van der Waals surface area contributed by atoms with E-state index in [1.165, 1.54) is 61.2 Å². The SMILES string of the molecule is CCc1c(-c2c(C)cc(C)cc2C)cccc1-c1c(C)cc(C)cc1C. The quantitative estimate of drug-likeness (QED) is 0.464. The van der Waals surface area contributed by atoms with Gasteiger partial charge in [0.1, 0.15) is 0 Å². The molecule has 0 heterocycles. The fraction of sp³-hybridized carbons (Fsp3) is 0.308. The maximum absolute atomic E-state index is 2.30. The van der Waals surface area contributed by atoms with E-state index < -0.39 is 0 Å². The van der Waals surface area contributed by atoms with E-state index >= 15 is 0 Å². The Morgan fingerprint density at radius 3 is 1.23 bits per heavy atom. The van der Waals surface area contributed by atoms with E-state index in [0.717, 1.165) is 6.42 Å². The minimum absolute atomic E-state index is 1.03. The van der Waals surface area contributed by atoms with Crippen LogP contribution in [0.3, 0.4) is 0 Å². The van der Waals surface area contributed by atoms with Crippen molar-refractivity contribution in [1.82, 2.24) is 0 Å². The van der Waals surface area contributed by atoms with Gasteiger partial charge in [0.2, 0.25) is 0 Å². The van der Waals surface area contributed by atoms with Crippen LogP contribution in [-0.4, -0.2) is 0 Å². The molecule has 3 rings (SSSR count). The maximum atomic E-state index is 2.30. The lowest BCUT2D eigenvalue weighted by atomic mass is 9.84. The minimum atomic E-state index is 1.03. The van der Waals surface area contributed by atoms with Crippen molar-refractivity contribution in [2.24, 2.45) is 0 Å². The van der Waals surface area contributed by atoms with Gasteiger partial charge in [-0.1, -0.05) is 60.5 Å². The third-order valence-corrected chi connectivity index (χ3v) is 5.42. The molecule has 134 valence electrons. The maximum Gasteiger partial charge on any atom is -0.0122 e. The van der Waals surface area contributed by atoms with Gasteiger partial charge in [0, 0.05) is 0 Å². The first-order valence-electron chi connectivity index (χ1n) is 9.61. The highest BCUT2D eigenvalue weighted by Gasteiger charge is 2.16. The van der Waals surface area contributed by atoms with Crippen molar-refractivity contribution < 1.29 is 0 Å². The van der Waals surface area contributed by atoms with Crippen molar-refractivity contribution in [2.45, 2.75) is 54.9 Å². The summed E-state index contributed by atoms with van der Waals surface area (Å²) in [6.45, 7) is 15.6. The van der Waals surface area contributed by atoms with Crippen LogP contribution in [0, 0.1) is 41.5 Å². The Balaban J connectivity index is 2.32. The zero-order valence-electron chi connectivity index (χ0n) is 17.2. The average molecular weight is 343 g/mol. The fourth-order valence-corrected chi connectivity index (χ4v) is 4.65. The number of benzene rings is 3. The highest BCUT2D eigenvalue weighted by molar-refractivity contribution is 5.83. The number of rotatable bonds is 3. The molecule has 0 amide bonds. The van der Waals surface area contributed by atoms with Gasteiger partial charge in [-0.3, -0.25) is 0 Å². The summed E-state index contributed by atoms with van der Waals surface area (Å²) >= 11 is 0. The van der Waals surface area contributed by atoms with Gasteiger partial charge in [-0.2, -0.15) is 0 Å². The summed E-state index contributed by atoms with van der Waals surface area (Å²) in [7, 11) is 0. The zero-order chi connectivity index (χ0) is 19.0. The summed E-state index contributed by atoms with van der Waals surface area (Å²) in [5.74, 6) is 0. The molecular formula is C26H30. The van der Waals surface area contributed by atoms with Gasteiger partial charge in [0.05, 0.1) is 0 Å². The molecule has 3 aromatic rings. The lowest BCUT2D eigenvalue weighted by Crippen LogP contribution is -1.99. The van der Waals surface area contributed by atoms with Crippen molar-refractivity contribution in [3.63, 3.8) is 0 Å². The Kier molecular flexibility index (Phi) is 5.05. The Labute approximate surface area is 158 Å². The molecule has 0 aliphatic rings. The Morgan fingerprint density at radius 2 is 0.923 bits per heavy atom. The summed E-state index contributed by atoms with van der Waals surface area (Å²) in [5, 5.41) is 0. The third-order valence-electron chi connectivity index (χ3n) is 5.42. The lowest BCUT2D eigenvalue weighted by molar-refractivity contribution is 1.14. The average Bonchev–Trinajstić information content (AvgIpc) is 2.53. The van der Waals surface area contributed by atoms with Gasteiger partial charge in [-0.25, -0.2) is 0 Å². The molecule has 0 aliphatic carbocycles. The standard InChI is InChI=1S/C26H30/c1-8-22-23(25-18(4)12-16(2)13-19(25)5)10-9-11-24(22)26-20(6)14-17(3)15-21(26)7/h9-15H,8H2,1-7H3. The summed E-state index contributed by atoms with van der Waals surface area (Å²) in [4.78, 5) is 0. The van der Waals surface area contributed by atoms with E-state index in [1.54, 1.807) is 0 Å². The smallest absolute Gasteiger partial charge is 0.0122 e. The summed E-state index contributed by atoms with van der Waals surface area (Å²) in [6.07, 6.45) is 1.03. The molecule has 0 spiro atoms. The van der Waals surface area contributed by atoms with Gasteiger partial charge in [-0.15, -0.1) is 0 Å². The molecule has 0 N–H and O–H groups in total. The van der Waals surface area contributed by atoms with Crippen LogP contribution in [-0.2, 0) is 6.42 Å². The van der Waals surface area contributed by atoms with Crippen LogP contribution in [0.2, 0.25) is 0 Å². The molecule has 26 heavy (non-hydrogen) atoms. The van der Waals surface area contributed by atoms with Crippen molar-refractivity contribution in [2.75, 3.05) is 0 Å². The number of hydrogen-bond acceptors (Lipinski definition) is 0. The molecule has 0 saturated heterocycles. The normalized spacial score (nSPS) is 11.0. The molecule has 0 atom stereocenters. The van der Waals surface area contributed by atoms with Gasteiger partial charge in [-0.05, 0) is 98.0 Å². The minimum Gasteiger partial charge on any atom is -0.0612 e. The second-order valence-electron chi connectivity index (χ2n) is 7.73. The highest BCUT2D eigenvalue weighted by Crippen LogP contribution is 2.38. The first-order valence-corrected chi connectivity index (χ1v) is 9.61. The van der Waals surface area contributed by atoms with E-state index in [4.69, 9.17) is 0 Å². The summed E-state index contributed by atoms with van der Waals surface area (Å²) < 4.78 is 0. The summed E-state index contributed by atoms with van der Waals surface area (Å²) in [6, 6.07) is 16.0. The third kappa shape index (κ3) is 3.21. The Bertz CT molecular complexity index is 852. The van der Waals surface area contributed by atoms with Crippen LogP contribution in [0.15, 0.2) is 42.5 Å². The molecule has 0 bridgehead atoms. The number of aryl methyl sites for hydroxylation is 6. The first-order chi connectivity index (χ1) is 12.3. The van der Waals surface area contributed by atoms with E-state index in [-0.39, 0.29) is 0 Å². The van der Waals surface area contributed by atoms with Crippen LogP contribution >= 0.6 is 0 Å². The van der Waals surface area contributed by atoms with Crippen molar-refractivity contribution in [3.8, 4) is 22.3 Å². The van der Waals surface area contributed by atoms with E-state index in [0.29, 0.717) is 0 Å². The molecule has 0 radical (unpaired) electrons. The van der Waals surface area contributed by atoms with E-state index in [2.05, 4.69) is 90.9 Å². The monoisotopic (exact) mass is 342 g/mol. The molecule has 0 unspecified atom stereocenters. The van der Waals surface area contributed by atoms with Gasteiger partial charge in [0.25, 0.3) is 0 Å². The van der Waals surface area contributed by atoms with Crippen molar-refractivity contribution in [1.29, 1.82) is 0 Å². The summed E-state index contributed by atoms with van der Waals surface area (Å²) in [5.41, 5.74) is 15.2. The van der Waals surface area contributed by atoms with Crippen LogP contribution in [0.5, 0.6) is 0 Å². The van der Waals surface area contributed by atoms with Crippen LogP contribution < -0.4 is 0 Å². The highest BCUT2D eigenvalue weighted by atomic mass is 14.2. The first kappa shape index (κ1) is 18.5. The second-order valence-corrected chi connectivity index (χ2v) is 7.73. The van der Waals surface area contributed by atoms with Crippen molar-refractivity contribution in [3.05, 3.63) is 81.4 Å². The molecule has 0 saturated carbocycles. The van der Waals surface area contributed by atoms with E-state index in [1.807, 2.05) is 0 Å². The van der Waals surface area contributed by atoms with Gasteiger partial charge >= 0.3 is 0 Å². The molecular weight excluding hydrogens is 312 g/mol. The van der Waals surface area contributed by atoms with E-state index in [9.17, 15) is 0 Å². The molecule has 0 aromatic heterocycles. The van der Waals surface area contributed by atoms with Crippen LogP contribution in [0.25, 0.3) is 22.3 Å². The fourth-order valence-electron chi connectivity index (χ4n) is 4.65. The molecule has 0 fully saturated rings. The lowest BCUT2D eigenvalue weighted by Gasteiger charge is -2.20. The molecule has 0 heteroatoms. The molecule has 0 aliphatic heterocycles.